The van der Waals surface area contributed by atoms with Gasteiger partial charge in [-0.15, -0.1) is 11.3 Å². The molecule has 0 saturated heterocycles. The maximum Gasteiger partial charge on any atom is 0.416 e. The van der Waals surface area contributed by atoms with E-state index in [0.29, 0.717) is 0 Å². The molecular formula is C18H13F3N2OS. The fourth-order valence-corrected chi connectivity index (χ4v) is 2.96. The smallest absolute Gasteiger partial charge is 0.348 e. The van der Waals surface area contributed by atoms with Gasteiger partial charge in [0.05, 0.1) is 16.1 Å². The van der Waals surface area contributed by atoms with Gasteiger partial charge < -0.3 is 5.32 Å². The second-order valence-corrected chi connectivity index (χ2v) is 6.24. The van der Waals surface area contributed by atoms with E-state index in [2.05, 4.69) is 10.3 Å². The highest BCUT2D eigenvalue weighted by Crippen LogP contribution is 2.29. The molecule has 128 valence electrons. The average molecular weight is 362 g/mol. The molecule has 0 bridgehead atoms. The Hall–Kier alpha value is -2.67. The van der Waals surface area contributed by atoms with Gasteiger partial charge in [0.25, 0.3) is 5.91 Å². The number of benzene rings is 1. The third-order valence-electron chi connectivity index (χ3n) is 3.50. The number of aromatic nitrogens is 1. The SMILES string of the molecule is O=C(NCc1ccnc(-c2cccs2)c1)c1cccc(C(F)(F)F)c1. The molecule has 0 radical (unpaired) electrons. The van der Waals surface area contributed by atoms with E-state index >= 15 is 0 Å². The van der Waals surface area contributed by atoms with Crippen LogP contribution in [0.2, 0.25) is 0 Å². The van der Waals surface area contributed by atoms with Crippen molar-refractivity contribution in [1.29, 1.82) is 0 Å². The number of nitrogens with one attached hydrogen (secondary N) is 1. The van der Waals surface area contributed by atoms with Crippen LogP contribution in [0.4, 0.5) is 13.2 Å². The van der Waals surface area contributed by atoms with Crippen molar-refractivity contribution in [1.82, 2.24) is 10.3 Å². The second-order valence-electron chi connectivity index (χ2n) is 5.29. The highest BCUT2D eigenvalue weighted by molar-refractivity contribution is 7.13. The molecular weight excluding hydrogens is 349 g/mol. The van der Waals surface area contributed by atoms with Crippen molar-refractivity contribution in [3.63, 3.8) is 0 Å². The summed E-state index contributed by atoms with van der Waals surface area (Å²) in [4.78, 5) is 17.4. The normalized spacial score (nSPS) is 11.3. The van der Waals surface area contributed by atoms with Crippen molar-refractivity contribution in [3.05, 3.63) is 76.8 Å². The van der Waals surface area contributed by atoms with Crippen LogP contribution < -0.4 is 5.32 Å². The van der Waals surface area contributed by atoms with E-state index in [0.717, 1.165) is 28.3 Å². The summed E-state index contributed by atoms with van der Waals surface area (Å²) in [6.07, 6.45) is -2.84. The summed E-state index contributed by atoms with van der Waals surface area (Å²) in [5, 5.41) is 4.58. The van der Waals surface area contributed by atoms with E-state index in [-0.39, 0.29) is 12.1 Å². The van der Waals surface area contributed by atoms with Crippen LogP contribution in [0, 0.1) is 0 Å². The van der Waals surface area contributed by atoms with E-state index < -0.39 is 17.6 Å². The number of hydrogen-bond donors (Lipinski definition) is 1. The number of thiophene rings is 1. The van der Waals surface area contributed by atoms with Crippen LogP contribution in [-0.4, -0.2) is 10.9 Å². The predicted molar refractivity (Wildman–Crippen MR) is 90.2 cm³/mol. The quantitative estimate of drug-likeness (QED) is 0.727. The van der Waals surface area contributed by atoms with Crippen LogP contribution in [0.3, 0.4) is 0 Å². The van der Waals surface area contributed by atoms with Crippen molar-refractivity contribution in [2.45, 2.75) is 12.7 Å². The number of halogens is 3. The third kappa shape index (κ3) is 4.24. The summed E-state index contributed by atoms with van der Waals surface area (Å²) in [6, 6.07) is 11.8. The standard InChI is InChI=1S/C18H13F3N2OS/c19-18(20,21)14-4-1-3-13(10-14)17(24)23-11-12-6-7-22-15(9-12)16-5-2-8-25-16/h1-10H,11H2,(H,23,24). The molecule has 3 rings (SSSR count). The zero-order valence-corrected chi connectivity index (χ0v) is 13.7. The lowest BCUT2D eigenvalue weighted by atomic mass is 10.1. The summed E-state index contributed by atoms with van der Waals surface area (Å²) >= 11 is 1.55. The Morgan fingerprint density at radius 1 is 1.12 bits per heavy atom. The Labute approximate surface area is 146 Å². The zero-order chi connectivity index (χ0) is 17.9. The monoisotopic (exact) mass is 362 g/mol. The summed E-state index contributed by atoms with van der Waals surface area (Å²) in [5.41, 5.74) is 0.742. The molecule has 2 aromatic heterocycles. The van der Waals surface area contributed by atoms with Gasteiger partial charge in [0, 0.05) is 18.3 Å². The second kappa shape index (κ2) is 7.06. The first-order valence-electron chi connectivity index (χ1n) is 7.38. The molecule has 1 amide bonds. The summed E-state index contributed by atoms with van der Waals surface area (Å²) < 4.78 is 38.2. The molecule has 0 aliphatic carbocycles. The first-order valence-corrected chi connectivity index (χ1v) is 8.26. The average Bonchev–Trinajstić information content (AvgIpc) is 3.14. The number of nitrogens with zero attached hydrogens (tertiary/aromatic N) is 1. The zero-order valence-electron chi connectivity index (χ0n) is 12.9. The van der Waals surface area contributed by atoms with Gasteiger partial charge in [-0.25, -0.2) is 0 Å². The number of carbonyl (C=O) groups excluding carboxylic acids is 1. The first-order chi connectivity index (χ1) is 11.9. The highest BCUT2D eigenvalue weighted by atomic mass is 32.1. The lowest BCUT2D eigenvalue weighted by Gasteiger charge is -2.09. The summed E-state index contributed by atoms with van der Waals surface area (Å²) in [6.45, 7) is 0.204. The van der Waals surface area contributed by atoms with E-state index in [9.17, 15) is 18.0 Å². The lowest BCUT2D eigenvalue weighted by molar-refractivity contribution is -0.137. The van der Waals surface area contributed by atoms with Crippen LogP contribution in [0.5, 0.6) is 0 Å². The van der Waals surface area contributed by atoms with Gasteiger partial charge in [-0.3, -0.25) is 9.78 Å². The molecule has 0 fully saturated rings. The number of amides is 1. The van der Waals surface area contributed by atoms with E-state index in [4.69, 9.17) is 0 Å². The molecule has 1 N–H and O–H groups in total. The molecule has 0 atom stereocenters. The van der Waals surface area contributed by atoms with E-state index in [1.165, 1.54) is 12.1 Å². The molecule has 25 heavy (non-hydrogen) atoms. The van der Waals surface area contributed by atoms with Crippen molar-refractivity contribution in [2.24, 2.45) is 0 Å². The van der Waals surface area contributed by atoms with Gasteiger partial charge in [-0.1, -0.05) is 12.1 Å². The van der Waals surface area contributed by atoms with Crippen molar-refractivity contribution in [3.8, 4) is 10.6 Å². The van der Waals surface area contributed by atoms with Crippen LogP contribution in [-0.2, 0) is 12.7 Å². The van der Waals surface area contributed by atoms with Crippen molar-refractivity contribution >= 4 is 17.2 Å². The number of carbonyl (C=O) groups is 1. The molecule has 0 unspecified atom stereocenters. The molecule has 3 nitrogen and oxygen atoms in total. The van der Waals surface area contributed by atoms with Gasteiger partial charge in [-0.05, 0) is 47.3 Å². The maximum absolute atomic E-state index is 12.7. The molecule has 0 aliphatic heterocycles. The Bertz CT molecular complexity index is 876. The third-order valence-corrected chi connectivity index (χ3v) is 4.40. The summed E-state index contributed by atoms with van der Waals surface area (Å²) in [5.74, 6) is -0.555. The van der Waals surface area contributed by atoms with Gasteiger partial charge in [0.15, 0.2) is 0 Å². The predicted octanol–water partition coefficient (Wildman–Crippen LogP) is 4.76. The minimum Gasteiger partial charge on any atom is -0.348 e. The maximum atomic E-state index is 12.7. The topological polar surface area (TPSA) is 42.0 Å². The van der Waals surface area contributed by atoms with Gasteiger partial charge in [0.2, 0.25) is 0 Å². The van der Waals surface area contributed by atoms with E-state index in [1.54, 1.807) is 23.6 Å². The Morgan fingerprint density at radius 3 is 2.68 bits per heavy atom. The Balaban J connectivity index is 1.70. The van der Waals surface area contributed by atoms with Gasteiger partial charge in [0.1, 0.15) is 0 Å². The van der Waals surface area contributed by atoms with E-state index in [1.807, 2.05) is 23.6 Å². The van der Waals surface area contributed by atoms with Crippen LogP contribution >= 0.6 is 11.3 Å². The number of pyridine rings is 1. The van der Waals surface area contributed by atoms with Crippen LogP contribution in [0.25, 0.3) is 10.6 Å². The number of alkyl halides is 3. The molecule has 0 spiro atoms. The minimum atomic E-state index is -4.48. The fourth-order valence-electron chi connectivity index (χ4n) is 2.26. The lowest BCUT2D eigenvalue weighted by Crippen LogP contribution is -2.23. The van der Waals surface area contributed by atoms with Crippen LogP contribution in [0.1, 0.15) is 21.5 Å². The molecule has 0 saturated carbocycles. The summed E-state index contributed by atoms with van der Waals surface area (Å²) in [7, 11) is 0. The first kappa shape index (κ1) is 17.2. The van der Waals surface area contributed by atoms with Crippen LogP contribution in [0.15, 0.2) is 60.1 Å². The van der Waals surface area contributed by atoms with Gasteiger partial charge >= 0.3 is 6.18 Å². The Morgan fingerprint density at radius 2 is 1.96 bits per heavy atom. The Kier molecular flexibility index (Phi) is 4.85. The molecule has 7 heteroatoms. The largest absolute Gasteiger partial charge is 0.416 e. The molecule has 0 aliphatic rings. The highest BCUT2D eigenvalue weighted by Gasteiger charge is 2.30. The fraction of sp³-hybridized carbons (Fsp3) is 0.111. The molecule has 2 heterocycles. The van der Waals surface area contributed by atoms with Gasteiger partial charge in [-0.2, -0.15) is 13.2 Å². The molecule has 1 aromatic carbocycles. The number of rotatable bonds is 4. The van der Waals surface area contributed by atoms with Crippen molar-refractivity contribution in [2.75, 3.05) is 0 Å². The minimum absolute atomic E-state index is 0.0256. The van der Waals surface area contributed by atoms with Crippen molar-refractivity contribution < 1.29 is 18.0 Å². The number of hydrogen-bond acceptors (Lipinski definition) is 3. The molecule has 3 aromatic rings.